The molecule has 2 aromatic carbocycles. The predicted molar refractivity (Wildman–Crippen MR) is 107 cm³/mol. The van der Waals surface area contributed by atoms with Crippen LogP contribution in [-0.4, -0.2) is 23.8 Å². The first kappa shape index (κ1) is 17.2. The highest BCUT2D eigenvalue weighted by Gasteiger charge is 2.35. The van der Waals surface area contributed by atoms with Crippen LogP contribution in [-0.2, 0) is 11.3 Å². The molecular weight excluding hydrogens is 338 g/mol. The highest BCUT2D eigenvalue weighted by molar-refractivity contribution is 7.09. The van der Waals surface area contributed by atoms with Crippen LogP contribution >= 0.6 is 11.3 Å². The number of carbonyl (C=O) groups is 1. The van der Waals surface area contributed by atoms with Crippen molar-refractivity contribution < 1.29 is 4.79 Å². The Labute approximate surface area is 159 Å². The lowest BCUT2D eigenvalue weighted by Crippen LogP contribution is -2.43. The van der Waals surface area contributed by atoms with Gasteiger partial charge in [0.25, 0.3) is 0 Å². The molecule has 1 aromatic heterocycles. The monoisotopic (exact) mass is 361 g/mol. The molecule has 0 saturated carbocycles. The van der Waals surface area contributed by atoms with Gasteiger partial charge in [0.1, 0.15) is 5.78 Å². The van der Waals surface area contributed by atoms with E-state index >= 15 is 0 Å². The zero-order chi connectivity index (χ0) is 17.8. The molecule has 1 atom stereocenters. The van der Waals surface area contributed by atoms with Crippen LogP contribution < -0.4 is 0 Å². The number of thiophene rings is 1. The van der Waals surface area contributed by atoms with Crippen molar-refractivity contribution in [1.82, 2.24) is 4.90 Å². The molecule has 1 saturated heterocycles. The summed E-state index contributed by atoms with van der Waals surface area (Å²) in [6.45, 7) is 2.63. The van der Waals surface area contributed by atoms with E-state index in [0.717, 1.165) is 19.6 Å². The van der Waals surface area contributed by atoms with Gasteiger partial charge in [-0.25, -0.2) is 0 Å². The standard InChI is InChI=1S/C23H23NOS/c25-22-13-14-24(16-20-12-7-15-26-20)17-21(22)23(18-8-3-1-4-9-18)19-10-5-2-6-11-19/h1-12,15,21,23H,13-14,16-17H2. The number of hydrogen-bond acceptors (Lipinski definition) is 3. The number of hydrogen-bond donors (Lipinski definition) is 0. The third-order valence-corrected chi connectivity index (χ3v) is 6.08. The van der Waals surface area contributed by atoms with E-state index in [9.17, 15) is 4.79 Å². The van der Waals surface area contributed by atoms with Crippen molar-refractivity contribution in [3.05, 3.63) is 94.2 Å². The number of rotatable bonds is 5. The van der Waals surface area contributed by atoms with Gasteiger partial charge in [-0.2, -0.15) is 0 Å². The number of nitrogens with zero attached hydrogens (tertiary/aromatic N) is 1. The fraction of sp³-hybridized carbons (Fsp3) is 0.261. The Bertz CT molecular complexity index is 790. The SMILES string of the molecule is O=C1CCN(Cc2cccs2)CC1C(c1ccccc1)c1ccccc1. The van der Waals surface area contributed by atoms with E-state index < -0.39 is 0 Å². The minimum absolute atomic E-state index is 0.00788. The van der Waals surface area contributed by atoms with Gasteiger partial charge >= 0.3 is 0 Å². The molecule has 0 bridgehead atoms. The average molecular weight is 362 g/mol. The molecule has 1 fully saturated rings. The number of Topliss-reactive ketones (excluding diaryl/α,β-unsaturated/α-hetero) is 1. The van der Waals surface area contributed by atoms with E-state index in [1.807, 2.05) is 12.1 Å². The number of benzene rings is 2. The molecule has 2 heterocycles. The largest absolute Gasteiger partial charge is 0.299 e. The summed E-state index contributed by atoms with van der Waals surface area (Å²) in [5.74, 6) is 0.523. The van der Waals surface area contributed by atoms with Gasteiger partial charge in [0.15, 0.2) is 0 Å². The Morgan fingerprint density at radius 2 is 1.58 bits per heavy atom. The fourth-order valence-corrected chi connectivity index (χ4v) is 4.71. The normalized spacial score (nSPS) is 18.3. The summed E-state index contributed by atoms with van der Waals surface area (Å²) < 4.78 is 0. The zero-order valence-electron chi connectivity index (χ0n) is 14.8. The number of ketones is 1. The smallest absolute Gasteiger partial charge is 0.139 e. The molecule has 26 heavy (non-hydrogen) atoms. The van der Waals surface area contributed by atoms with Crippen molar-refractivity contribution in [3.8, 4) is 0 Å². The lowest BCUT2D eigenvalue weighted by atomic mass is 9.76. The Hall–Kier alpha value is -2.23. The quantitative estimate of drug-likeness (QED) is 0.639. The van der Waals surface area contributed by atoms with Crippen LogP contribution in [0.2, 0.25) is 0 Å². The summed E-state index contributed by atoms with van der Waals surface area (Å²) in [6, 6.07) is 25.3. The van der Waals surface area contributed by atoms with Crippen LogP contribution in [0.15, 0.2) is 78.2 Å². The summed E-state index contributed by atoms with van der Waals surface area (Å²) in [4.78, 5) is 16.7. The average Bonchev–Trinajstić information content (AvgIpc) is 3.19. The van der Waals surface area contributed by atoms with E-state index in [1.165, 1.54) is 16.0 Å². The molecule has 0 amide bonds. The molecule has 0 aliphatic carbocycles. The van der Waals surface area contributed by atoms with Gasteiger partial charge < -0.3 is 0 Å². The second kappa shape index (κ2) is 7.98. The van der Waals surface area contributed by atoms with E-state index in [2.05, 4.69) is 70.9 Å². The molecule has 1 unspecified atom stereocenters. The van der Waals surface area contributed by atoms with E-state index in [1.54, 1.807) is 11.3 Å². The molecule has 0 radical (unpaired) electrons. The van der Waals surface area contributed by atoms with Gasteiger partial charge in [-0.1, -0.05) is 66.7 Å². The highest BCUT2D eigenvalue weighted by atomic mass is 32.1. The van der Waals surface area contributed by atoms with E-state index in [0.29, 0.717) is 12.2 Å². The number of likely N-dealkylation sites (tertiary alicyclic amines) is 1. The van der Waals surface area contributed by atoms with Crippen LogP contribution in [0.5, 0.6) is 0 Å². The van der Waals surface area contributed by atoms with E-state index in [-0.39, 0.29) is 11.8 Å². The van der Waals surface area contributed by atoms with Gasteiger partial charge in [0.05, 0.1) is 0 Å². The van der Waals surface area contributed by atoms with Gasteiger partial charge in [-0.3, -0.25) is 9.69 Å². The van der Waals surface area contributed by atoms with Gasteiger partial charge in [-0.05, 0) is 22.6 Å². The summed E-state index contributed by atoms with van der Waals surface area (Å²) in [6.07, 6.45) is 0.645. The Balaban J connectivity index is 1.64. The van der Waals surface area contributed by atoms with Crippen LogP contribution in [0.4, 0.5) is 0 Å². The second-order valence-corrected chi connectivity index (χ2v) is 7.97. The van der Waals surface area contributed by atoms with Gasteiger partial charge in [0.2, 0.25) is 0 Å². The fourth-order valence-electron chi connectivity index (χ4n) is 3.96. The molecule has 3 heteroatoms. The molecule has 0 N–H and O–H groups in total. The Kier molecular flexibility index (Phi) is 5.28. The maximum absolute atomic E-state index is 12.9. The summed E-state index contributed by atoms with van der Waals surface area (Å²) in [5, 5.41) is 2.12. The minimum Gasteiger partial charge on any atom is -0.299 e. The van der Waals surface area contributed by atoms with Crippen molar-refractivity contribution in [1.29, 1.82) is 0 Å². The van der Waals surface area contributed by atoms with Crippen LogP contribution in [0, 0.1) is 5.92 Å². The number of carbonyl (C=O) groups excluding carboxylic acids is 1. The molecule has 1 aliphatic rings. The molecule has 3 aromatic rings. The van der Waals surface area contributed by atoms with Crippen molar-refractivity contribution in [2.45, 2.75) is 18.9 Å². The molecule has 4 rings (SSSR count). The molecule has 132 valence electrons. The summed E-state index contributed by atoms with van der Waals surface area (Å²) >= 11 is 1.79. The lowest BCUT2D eigenvalue weighted by Gasteiger charge is -2.36. The van der Waals surface area contributed by atoms with Crippen molar-refractivity contribution in [3.63, 3.8) is 0 Å². The lowest BCUT2D eigenvalue weighted by molar-refractivity contribution is -0.126. The van der Waals surface area contributed by atoms with Crippen LogP contribution in [0.1, 0.15) is 28.3 Å². The van der Waals surface area contributed by atoms with Gasteiger partial charge in [0, 0.05) is 42.8 Å². The minimum atomic E-state index is 0.00788. The summed E-state index contributed by atoms with van der Waals surface area (Å²) in [5.41, 5.74) is 2.46. The number of piperidine rings is 1. The van der Waals surface area contributed by atoms with Gasteiger partial charge in [-0.15, -0.1) is 11.3 Å². The topological polar surface area (TPSA) is 20.3 Å². The Morgan fingerprint density at radius 1 is 0.923 bits per heavy atom. The molecule has 1 aliphatic heterocycles. The molecular formula is C23H23NOS. The van der Waals surface area contributed by atoms with Crippen molar-refractivity contribution >= 4 is 17.1 Å². The first-order chi connectivity index (χ1) is 12.8. The maximum atomic E-state index is 12.9. The van der Waals surface area contributed by atoms with E-state index in [4.69, 9.17) is 0 Å². The van der Waals surface area contributed by atoms with Crippen molar-refractivity contribution in [2.75, 3.05) is 13.1 Å². The first-order valence-electron chi connectivity index (χ1n) is 9.18. The zero-order valence-corrected chi connectivity index (χ0v) is 15.6. The third kappa shape index (κ3) is 3.79. The maximum Gasteiger partial charge on any atom is 0.139 e. The van der Waals surface area contributed by atoms with Crippen LogP contribution in [0.3, 0.4) is 0 Å². The first-order valence-corrected chi connectivity index (χ1v) is 10.1. The van der Waals surface area contributed by atoms with Crippen LogP contribution in [0.25, 0.3) is 0 Å². The third-order valence-electron chi connectivity index (χ3n) is 5.22. The van der Waals surface area contributed by atoms with Crippen molar-refractivity contribution in [2.24, 2.45) is 5.92 Å². The molecule has 2 nitrogen and oxygen atoms in total. The Morgan fingerprint density at radius 3 is 2.15 bits per heavy atom. The highest BCUT2D eigenvalue weighted by Crippen LogP contribution is 2.36. The summed E-state index contributed by atoms with van der Waals surface area (Å²) in [7, 11) is 0. The predicted octanol–water partition coefficient (Wildman–Crippen LogP) is 4.97. The second-order valence-electron chi connectivity index (χ2n) is 6.94. The molecule has 0 spiro atoms.